The van der Waals surface area contributed by atoms with Gasteiger partial charge in [0.1, 0.15) is 5.54 Å². The summed E-state index contributed by atoms with van der Waals surface area (Å²) < 4.78 is 0. The van der Waals surface area contributed by atoms with E-state index in [1.54, 1.807) is 6.92 Å². The number of ketones is 1. The molecule has 5 heteroatoms. The van der Waals surface area contributed by atoms with E-state index in [9.17, 15) is 14.4 Å². The van der Waals surface area contributed by atoms with Crippen molar-refractivity contribution in [1.29, 1.82) is 0 Å². The summed E-state index contributed by atoms with van der Waals surface area (Å²) in [6, 6.07) is 8.80. The van der Waals surface area contributed by atoms with Gasteiger partial charge in [0.15, 0.2) is 5.78 Å². The fourth-order valence-corrected chi connectivity index (χ4v) is 6.57. The van der Waals surface area contributed by atoms with E-state index in [1.165, 1.54) is 19.3 Å². The van der Waals surface area contributed by atoms with E-state index in [2.05, 4.69) is 5.32 Å². The Morgan fingerprint density at radius 3 is 2.15 bits per heavy atom. The summed E-state index contributed by atoms with van der Waals surface area (Å²) in [6.45, 7) is 1.64. The van der Waals surface area contributed by atoms with Gasteiger partial charge in [-0.05, 0) is 68.8 Å². The third-order valence-corrected chi connectivity index (χ3v) is 7.56. The highest BCUT2D eigenvalue weighted by molar-refractivity contribution is 6.09. The van der Waals surface area contributed by atoms with Crippen LogP contribution in [0.4, 0.5) is 4.79 Å². The van der Waals surface area contributed by atoms with Crippen LogP contribution in [0.25, 0.3) is 0 Å². The Kier molecular flexibility index (Phi) is 3.56. The molecule has 1 aromatic rings. The third kappa shape index (κ3) is 2.47. The minimum atomic E-state index is -1.10. The first-order valence-electron chi connectivity index (χ1n) is 10.1. The Bertz CT molecular complexity index is 783. The number of nitrogens with one attached hydrogen (secondary N) is 1. The molecule has 0 aromatic heterocycles. The third-order valence-electron chi connectivity index (χ3n) is 7.56. The Morgan fingerprint density at radius 1 is 1.04 bits per heavy atom. The van der Waals surface area contributed by atoms with E-state index >= 15 is 0 Å². The molecule has 4 bridgehead atoms. The summed E-state index contributed by atoms with van der Waals surface area (Å²) in [5.41, 5.74) is -0.644. The molecule has 1 aromatic carbocycles. The maximum Gasteiger partial charge on any atom is 0.325 e. The zero-order chi connectivity index (χ0) is 18.8. The van der Waals surface area contributed by atoms with E-state index in [4.69, 9.17) is 0 Å². The molecular formula is C22H26N2O3. The van der Waals surface area contributed by atoms with Crippen molar-refractivity contribution in [1.82, 2.24) is 10.2 Å². The van der Waals surface area contributed by atoms with Crippen molar-refractivity contribution in [2.45, 2.75) is 51.0 Å². The quantitative estimate of drug-likeness (QED) is 0.832. The number of amides is 3. The highest BCUT2D eigenvalue weighted by atomic mass is 16.2. The number of imide groups is 1. The first-order valence-corrected chi connectivity index (χ1v) is 10.1. The van der Waals surface area contributed by atoms with Gasteiger partial charge in [-0.1, -0.05) is 30.3 Å². The van der Waals surface area contributed by atoms with Crippen LogP contribution in [-0.2, 0) is 15.1 Å². The molecule has 4 aliphatic carbocycles. The summed E-state index contributed by atoms with van der Waals surface area (Å²) in [7, 11) is 0. The fourth-order valence-electron chi connectivity index (χ4n) is 6.57. The lowest BCUT2D eigenvalue weighted by atomic mass is 9.48. The number of benzene rings is 1. The van der Waals surface area contributed by atoms with Crippen LogP contribution in [0.15, 0.2) is 30.3 Å². The van der Waals surface area contributed by atoms with E-state index in [0.29, 0.717) is 17.8 Å². The number of nitrogens with zero attached hydrogens (tertiary/aromatic N) is 1. The second-order valence-electron chi connectivity index (χ2n) is 9.43. The molecule has 5 aliphatic rings. The maximum atomic E-state index is 13.3. The Labute approximate surface area is 159 Å². The van der Waals surface area contributed by atoms with Gasteiger partial charge in [-0.25, -0.2) is 4.79 Å². The minimum absolute atomic E-state index is 0.0841. The van der Waals surface area contributed by atoms with Gasteiger partial charge in [-0.3, -0.25) is 14.5 Å². The predicted octanol–water partition coefficient (Wildman–Crippen LogP) is 3.24. The molecule has 6 rings (SSSR count). The second-order valence-corrected chi connectivity index (χ2v) is 9.43. The fraction of sp³-hybridized carbons (Fsp3) is 0.591. The van der Waals surface area contributed by atoms with Crippen LogP contribution < -0.4 is 5.32 Å². The van der Waals surface area contributed by atoms with Crippen molar-refractivity contribution in [3.8, 4) is 0 Å². The Hall–Kier alpha value is -2.17. The molecule has 1 saturated heterocycles. The first kappa shape index (κ1) is 17.0. The number of Topliss-reactive ketones (excluding diaryl/α,β-unsaturated/α-hetero) is 1. The summed E-state index contributed by atoms with van der Waals surface area (Å²) in [4.78, 5) is 40.1. The minimum Gasteiger partial charge on any atom is -0.319 e. The van der Waals surface area contributed by atoms with Gasteiger partial charge < -0.3 is 5.32 Å². The smallest absolute Gasteiger partial charge is 0.319 e. The Balaban J connectivity index is 1.37. The van der Waals surface area contributed by atoms with Crippen molar-refractivity contribution in [2.75, 3.05) is 6.54 Å². The van der Waals surface area contributed by atoms with Crippen LogP contribution in [0.1, 0.15) is 51.0 Å². The topological polar surface area (TPSA) is 66.5 Å². The average Bonchev–Trinajstić information content (AvgIpc) is 2.85. The summed E-state index contributed by atoms with van der Waals surface area (Å²) >= 11 is 0. The number of carbonyl (C=O) groups excluding carboxylic acids is 3. The molecule has 1 atom stereocenters. The first-order chi connectivity index (χ1) is 12.9. The van der Waals surface area contributed by atoms with Crippen LogP contribution in [0.2, 0.25) is 0 Å². The Morgan fingerprint density at radius 2 is 1.59 bits per heavy atom. The molecule has 5 fully saturated rings. The molecule has 3 amide bonds. The molecule has 142 valence electrons. The highest BCUT2D eigenvalue weighted by Gasteiger charge is 2.56. The number of carbonyl (C=O) groups is 3. The number of hydrogen-bond donors (Lipinski definition) is 1. The largest absolute Gasteiger partial charge is 0.325 e. The van der Waals surface area contributed by atoms with Crippen molar-refractivity contribution in [3.05, 3.63) is 35.9 Å². The van der Waals surface area contributed by atoms with Crippen LogP contribution in [-0.4, -0.2) is 29.2 Å². The van der Waals surface area contributed by atoms with Gasteiger partial charge in [0, 0.05) is 5.41 Å². The van der Waals surface area contributed by atoms with Crippen molar-refractivity contribution < 1.29 is 14.4 Å². The van der Waals surface area contributed by atoms with Crippen molar-refractivity contribution in [2.24, 2.45) is 23.2 Å². The predicted molar refractivity (Wildman–Crippen MR) is 99.7 cm³/mol. The van der Waals surface area contributed by atoms with Gasteiger partial charge in [0.2, 0.25) is 0 Å². The normalized spacial score (nSPS) is 39.7. The van der Waals surface area contributed by atoms with Crippen molar-refractivity contribution >= 4 is 17.7 Å². The van der Waals surface area contributed by atoms with Crippen LogP contribution in [0, 0.1) is 23.2 Å². The zero-order valence-electron chi connectivity index (χ0n) is 15.7. The summed E-state index contributed by atoms with van der Waals surface area (Å²) in [5.74, 6) is 1.77. The SMILES string of the molecule is C[C@]1(c2ccccc2)NC(=O)N(CC(=O)C23CC4CC(CC(C4)C2)C3)C1=O. The number of hydrogen-bond acceptors (Lipinski definition) is 3. The molecule has 1 N–H and O–H groups in total. The highest BCUT2D eigenvalue weighted by Crippen LogP contribution is 2.60. The molecular weight excluding hydrogens is 340 g/mol. The summed E-state index contributed by atoms with van der Waals surface area (Å²) in [5, 5.41) is 2.81. The molecule has 0 unspecified atom stereocenters. The van der Waals surface area contributed by atoms with Crippen LogP contribution in [0.5, 0.6) is 0 Å². The van der Waals surface area contributed by atoms with Gasteiger partial charge in [0.25, 0.3) is 5.91 Å². The van der Waals surface area contributed by atoms with Crippen molar-refractivity contribution in [3.63, 3.8) is 0 Å². The van der Waals surface area contributed by atoms with Gasteiger partial charge in [-0.15, -0.1) is 0 Å². The molecule has 0 spiro atoms. The number of urea groups is 1. The number of rotatable bonds is 4. The van der Waals surface area contributed by atoms with Gasteiger partial charge >= 0.3 is 6.03 Å². The lowest BCUT2D eigenvalue weighted by Crippen LogP contribution is -2.53. The average molecular weight is 366 g/mol. The molecule has 27 heavy (non-hydrogen) atoms. The van der Waals surface area contributed by atoms with E-state index < -0.39 is 11.6 Å². The molecule has 1 aliphatic heterocycles. The van der Waals surface area contributed by atoms with E-state index in [1.807, 2.05) is 30.3 Å². The summed E-state index contributed by atoms with van der Waals surface area (Å²) in [6.07, 6.45) is 6.66. The van der Waals surface area contributed by atoms with Gasteiger partial charge in [-0.2, -0.15) is 0 Å². The van der Waals surface area contributed by atoms with Crippen LogP contribution in [0.3, 0.4) is 0 Å². The molecule has 4 saturated carbocycles. The van der Waals surface area contributed by atoms with Gasteiger partial charge in [0.05, 0.1) is 6.54 Å². The lowest BCUT2D eigenvalue weighted by Gasteiger charge is -2.56. The standard InChI is InChI=1S/C22H26N2O3/c1-21(17-5-3-2-4-6-17)19(26)24(20(27)23-21)13-18(25)22-10-14-7-15(11-22)9-16(8-14)12-22/h2-6,14-16H,7-13H2,1H3,(H,23,27)/t14?,15?,16?,21-,22?/m1/s1. The molecule has 0 radical (unpaired) electrons. The molecule has 1 heterocycles. The lowest BCUT2D eigenvalue weighted by molar-refractivity contribution is -0.147. The van der Waals surface area contributed by atoms with E-state index in [0.717, 1.165) is 29.7 Å². The van der Waals surface area contributed by atoms with Crippen LogP contribution >= 0.6 is 0 Å². The second kappa shape index (κ2) is 5.66. The maximum absolute atomic E-state index is 13.3. The zero-order valence-corrected chi connectivity index (χ0v) is 15.7. The van der Waals surface area contributed by atoms with E-state index in [-0.39, 0.29) is 23.7 Å². The molecule has 5 nitrogen and oxygen atoms in total. The monoisotopic (exact) mass is 366 g/mol.